The number of benzene rings is 2. The number of hydrogen-bond acceptors (Lipinski definition) is 5. The number of likely N-dealkylation sites (N-methyl/N-ethyl adjacent to an activating group) is 1. The average Bonchev–Trinajstić information content (AvgIpc) is 2.76. The maximum absolute atomic E-state index is 13.2. The van der Waals surface area contributed by atoms with Crippen LogP contribution in [-0.4, -0.2) is 38.8 Å². The zero-order valence-electron chi connectivity index (χ0n) is 16.7. The summed E-state index contributed by atoms with van der Waals surface area (Å²) >= 11 is 5.91. The zero-order valence-corrected chi connectivity index (χ0v) is 17.4. The molecule has 1 unspecified atom stereocenters. The van der Waals surface area contributed by atoms with Crippen LogP contribution in [0, 0.1) is 0 Å². The minimum Gasteiger partial charge on any atom is -0.390 e. The molecule has 30 heavy (non-hydrogen) atoms. The first-order valence-corrected chi connectivity index (χ1v) is 10.3. The predicted octanol–water partition coefficient (Wildman–Crippen LogP) is 3.16. The van der Waals surface area contributed by atoms with Gasteiger partial charge in [-0.3, -0.25) is 9.36 Å². The molecule has 4 rings (SSSR count). The van der Waals surface area contributed by atoms with Crippen molar-refractivity contribution in [3.63, 3.8) is 0 Å². The van der Waals surface area contributed by atoms with Gasteiger partial charge in [-0.25, -0.2) is 9.97 Å². The molecule has 0 fully saturated rings. The molecule has 0 radical (unpaired) electrons. The number of pyridine rings is 1. The molecule has 0 aliphatic rings. The summed E-state index contributed by atoms with van der Waals surface area (Å²) in [6.07, 6.45) is 3.23. The molecular formula is C23H23ClN4O2. The Hall–Kier alpha value is -2.80. The van der Waals surface area contributed by atoms with Crippen molar-refractivity contribution >= 4 is 33.3 Å². The lowest BCUT2D eigenvalue weighted by atomic mass is 9.96. The number of halogens is 1. The molecule has 0 bridgehead atoms. The summed E-state index contributed by atoms with van der Waals surface area (Å²) in [5.41, 5.74) is 2.55. The maximum Gasteiger partial charge on any atom is 0.261 e. The summed E-state index contributed by atoms with van der Waals surface area (Å²) in [5.74, 6) is 0. The van der Waals surface area contributed by atoms with Crippen molar-refractivity contribution in [3.05, 3.63) is 81.6 Å². The average molecular weight is 423 g/mol. The van der Waals surface area contributed by atoms with Crippen molar-refractivity contribution in [2.45, 2.75) is 26.0 Å². The predicted molar refractivity (Wildman–Crippen MR) is 120 cm³/mol. The molecule has 6 nitrogen and oxygen atoms in total. The van der Waals surface area contributed by atoms with Crippen LogP contribution in [0.5, 0.6) is 0 Å². The summed E-state index contributed by atoms with van der Waals surface area (Å²) in [6, 6.07) is 13.6. The Morgan fingerprint density at radius 1 is 1.13 bits per heavy atom. The second-order valence-electron chi connectivity index (χ2n) is 7.31. The van der Waals surface area contributed by atoms with Crippen LogP contribution >= 0.6 is 11.6 Å². The summed E-state index contributed by atoms with van der Waals surface area (Å²) in [4.78, 5) is 21.9. The van der Waals surface area contributed by atoms with Crippen LogP contribution in [0.3, 0.4) is 0 Å². The van der Waals surface area contributed by atoms with E-state index in [1.165, 1.54) is 10.9 Å². The number of aliphatic hydroxyl groups excluding tert-OH is 1. The SMILES string of the molecule is CCNCC(O)Cn1cnc2c(cc(Cc3ccc(Cl)nc3)c3ccccc32)c1=O. The van der Waals surface area contributed by atoms with Crippen LogP contribution in [0.15, 0.2) is 59.8 Å². The first-order valence-electron chi connectivity index (χ1n) is 9.95. The molecule has 0 saturated heterocycles. The fourth-order valence-corrected chi connectivity index (χ4v) is 3.79. The van der Waals surface area contributed by atoms with E-state index in [9.17, 15) is 9.90 Å². The van der Waals surface area contributed by atoms with Crippen LogP contribution in [0.25, 0.3) is 21.7 Å². The van der Waals surface area contributed by atoms with E-state index in [-0.39, 0.29) is 12.1 Å². The molecule has 2 aromatic heterocycles. The molecule has 0 saturated carbocycles. The van der Waals surface area contributed by atoms with Crippen molar-refractivity contribution in [1.82, 2.24) is 19.9 Å². The molecule has 7 heteroatoms. The number of aromatic nitrogens is 3. The van der Waals surface area contributed by atoms with Gasteiger partial charge in [-0.05, 0) is 41.6 Å². The quantitative estimate of drug-likeness (QED) is 0.353. The second-order valence-corrected chi connectivity index (χ2v) is 7.69. The van der Waals surface area contributed by atoms with Crippen molar-refractivity contribution in [3.8, 4) is 0 Å². The molecule has 0 amide bonds. The first kappa shape index (κ1) is 20.5. The summed E-state index contributed by atoms with van der Waals surface area (Å²) < 4.78 is 1.48. The van der Waals surface area contributed by atoms with Crippen LogP contribution in [-0.2, 0) is 13.0 Å². The van der Waals surface area contributed by atoms with Crippen LogP contribution in [0.2, 0.25) is 5.15 Å². The first-order chi connectivity index (χ1) is 14.6. The van der Waals surface area contributed by atoms with Crippen LogP contribution < -0.4 is 10.9 Å². The van der Waals surface area contributed by atoms with E-state index in [0.29, 0.717) is 29.0 Å². The summed E-state index contributed by atoms with van der Waals surface area (Å²) in [7, 11) is 0. The molecule has 2 N–H and O–H groups in total. The Morgan fingerprint density at radius 3 is 2.67 bits per heavy atom. The fourth-order valence-electron chi connectivity index (χ4n) is 3.68. The Kier molecular flexibility index (Phi) is 6.08. The molecule has 2 heterocycles. The number of aliphatic hydroxyl groups is 1. The number of nitrogens with one attached hydrogen (secondary N) is 1. The van der Waals surface area contributed by atoms with Gasteiger partial charge in [0, 0.05) is 18.1 Å². The summed E-state index contributed by atoms with van der Waals surface area (Å²) in [5, 5.41) is 16.3. The maximum atomic E-state index is 13.2. The molecule has 0 spiro atoms. The minimum absolute atomic E-state index is 0.156. The number of rotatable bonds is 7. The monoisotopic (exact) mass is 422 g/mol. The molecular weight excluding hydrogens is 400 g/mol. The number of nitrogens with zero attached hydrogens (tertiary/aromatic N) is 3. The van der Waals surface area contributed by atoms with Gasteiger partial charge in [-0.15, -0.1) is 0 Å². The Morgan fingerprint density at radius 2 is 1.93 bits per heavy atom. The highest BCUT2D eigenvalue weighted by atomic mass is 35.5. The third-order valence-corrected chi connectivity index (χ3v) is 5.36. The highest BCUT2D eigenvalue weighted by molar-refractivity contribution is 6.29. The van der Waals surface area contributed by atoms with Crippen molar-refractivity contribution < 1.29 is 5.11 Å². The lowest BCUT2D eigenvalue weighted by Gasteiger charge is -2.15. The molecule has 4 aromatic rings. The van der Waals surface area contributed by atoms with E-state index < -0.39 is 6.10 Å². The Labute approximate surface area is 179 Å². The molecule has 0 aliphatic heterocycles. The largest absolute Gasteiger partial charge is 0.390 e. The van der Waals surface area contributed by atoms with Crippen molar-refractivity contribution in [2.24, 2.45) is 0 Å². The number of hydrogen-bond donors (Lipinski definition) is 2. The van der Waals surface area contributed by atoms with E-state index >= 15 is 0 Å². The van der Waals surface area contributed by atoms with Gasteiger partial charge in [-0.1, -0.05) is 48.9 Å². The standard InChI is InChI=1S/C23H23ClN4O2/c1-2-25-12-17(29)13-28-14-27-22-19-6-4-3-5-18(19)16(10-20(22)23(28)30)9-15-7-8-21(24)26-11-15/h3-8,10-11,14,17,25,29H,2,9,12-13H2,1H3. The van der Waals surface area contributed by atoms with E-state index in [2.05, 4.69) is 15.3 Å². The smallest absolute Gasteiger partial charge is 0.261 e. The minimum atomic E-state index is -0.665. The molecule has 154 valence electrons. The van der Waals surface area contributed by atoms with Gasteiger partial charge in [0.2, 0.25) is 0 Å². The molecule has 2 aromatic carbocycles. The Bertz CT molecular complexity index is 1240. The van der Waals surface area contributed by atoms with Gasteiger partial charge in [0.1, 0.15) is 5.15 Å². The third-order valence-electron chi connectivity index (χ3n) is 5.14. The molecule has 1 atom stereocenters. The van der Waals surface area contributed by atoms with E-state index in [1.54, 1.807) is 12.3 Å². The van der Waals surface area contributed by atoms with Crippen molar-refractivity contribution in [2.75, 3.05) is 13.1 Å². The fraction of sp³-hybridized carbons (Fsp3) is 0.261. The summed E-state index contributed by atoms with van der Waals surface area (Å²) in [6.45, 7) is 3.35. The van der Waals surface area contributed by atoms with Crippen LogP contribution in [0.4, 0.5) is 0 Å². The van der Waals surface area contributed by atoms with E-state index in [0.717, 1.165) is 28.4 Å². The molecule has 0 aliphatic carbocycles. The van der Waals surface area contributed by atoms with Gasteiger partial charge < -0.3 is 10.4 Å². The van der Waals surface area contributed by atoms with Gasteiger partial charge in [0.15, 0.2) is 0 Å². The topological polar surface area (TPSA) is 80.0 Å². The van der Waals surface area contributed by atoms with Gasteiger partial charge in [0.25, 0.3) is 5.56 Å². The zero-order chi connectivity index (χ0) is 21.1. The highest BCUT2D eigenvalue weighted by Crippen LogP contribution is 2.27. The highest BCUT2D eigenvalue weighted by Gasteiger charge is 2.14. The van der Waals surface area contributed by atoms with Gasteiger partial charge in [0.05, 0.1) is 29.9 Å². The Balaban J connectivity index is 1.81. The third kappa shape index (κ3) is 4.21. The number of fused-ring (bicyclic) bond motifs is 3. The van der Waals surface area contributed by atoms with Gasteiger partial charge >= 0.3 is 0 Å². The normalized spacial score (nSPS) is 12.5. The van der Waals surface area contributed by atoms with E-state index in [4.69, 9.17) is 11.6 Å². The second kappa shape index (κ2) is 8.92. The van der Waals surface area contributed by atoms with Gasteiger partial charge in [-0.2, -0.15) is 0 Å². The van der Waals surface area contributed by atoms with E-state index in [1.807, 2.05) is 43.3 Å². The lowest BCUT2D eigenvalue weighted by molar-refractivity contribution is 0.150. The van der Waals surface area contributed by atoms with Crippen molar-refractivity contribution in [1.29, 1.82) is 0 Å². The van der Waals surface area contributed by atoms with Crippen LogP contribution in [0.1, 0.15) is 18.1 Å². The lowest BCUT2D eigenvalue weighted by Crippen LogP contribution is -2.34.